The van der Waals surface area contributed by atoms with Crippen LogP contribution in [-0.4, -0.2) is 17.9 Å². The quantitative estimate of drug-likeness (QED) is 0.233. The zero-order valence-corrected chi connectivity index (χ0v) is 19.5. The van der Waals surface area contributed by atoms with E-state index in [9.17, 15) is 9.59 Å². The summed E-state index contributed by atoms with van der Waals surface area (Å²) in [4.78, 5) is 26.0. The van der Waals surface area contributed by atoms with E-state index in [-0.39, 0.29) is 35.4 Å². The Morgan fingerprint density at radius 2 is 1.79 bits per heavy atom. The molecule has 0 radical (unpaired) electrons. The molecule has 0 spiro atoms. The first-order chi connectivity index (χ1) is 13.3. The van der Waals surface area contributed by atoms with E-state index in [4.69, 9.17) is 9.47 Å². The van der Waals surface area contributed by atoms with Crippen LogP contribution in [0.4, 0.5) is 0 Å². The molecule has 0 aliphatic rings. The number of hydrogen-bond donors (Lipinski definition) is 0. The molecule has 0 atom stereocenters. The third-order valence-electron chi connectivity index (χ3n) is 4.48. The molecule has 7 heteroatoms. The standard InChI is InChI=1S/C22H24NO4S.BrH/c1-13(2)26-22-18-9-7-6-8-17(18)21(27-16(5)24)10-19(22)20(25)11-23-12-28-15(4)14(23)3;/h6-10,12-13H,11H2,1-5H3;1H/q+1;/p-1. The molecule has 0 fully saturated rings. The van der Waals surface area contributed by atoms with Gasteiger partial charge in [-0.3, -0.25) is 9.59 Å². The van der Waals surface area contributed by atoms with Gasteiger partial charge >= 0.3 is 5.97 Å². The summed E-state index contributed by atoms with van der Waals surface area (Å²) in [5.41, 5.74) is 3.42. The largest absolute Gasteiger partial charge is 1.00 e. The van der Waals surface area contributed by atoms with Crippen molar-refractivity contribution in [3.63, 3.8) is 0 Å². The van der Waals surface area contributed by atoms with Crippen LogP contribution in [0.3, 0.4) is 0 Å². The monoisotopic (exact) mass is 477 g/mol. The van der Waals surface area contributed by atoms with E-state index in [1.54, 1.807) is 17.4 Å². The molecule has 0 amide bonds. The van der Waals surface area contributed by atoms with Gasteiger partial charge in [0.05, 0.1) is 16.5 Å². The molecular weight excluding hydrogens is 454 g/mol. The Labute approximate surface area is 185 Å². The molecule has 154 valence electrons. The fraction of sp³-hybridized carbons (Fsp3) is 0.318. The fourth-order valence-electron chi connectivity index (χ4n) is 3.03. The topological polar surface area (TPSA) is 56.5 Å². The Hall–Kier alpha value is -2.25. The molecular formula is C22H24BrNO4S. The highest BCUT2D eigenvalue weighted by Crippen LogP contribution is 2.38. The minimum absolute atomic E-state index is 0. The Morgan fingerprint density at radius 1 is 1.14 bits per heavy atom. The number of hydrogen-bond acceptors (Lipinski definition) is 5. The molecule has 3 aromatic rings. The number of aromatic nitrogens is 1. The van der Waals surface area contributed by atoms with Gasteiger partial charge in [0, 0.05) is 24.6 Å². The number of nitrogens with zero attached hydrogens (tertiary/aromatic N) is 1. The van der Waals surface area contributed by atoms with E-state index >= 15 is 0 Å². The Kier molecular flexibility index (Phi) is 7.54. The lowest BCUT2D eigenvalue weighted by molar-refractivity contribution is -0.684. The van der Waals surface area contributed by atoms with Crippen LogP contribution in [0, 0.1) is 13.8 Å². The summed E-state index contributed by atoms with van der Waals surface area (Å²) in [6, 6.07) is 9.10. The molecule has 3 rings (SSSR count). The van der Waals surface area contributed by atoms with Crippen LogP contribution in [0.5, 0.6) is 11.5 Å². The maximum atomic E-state index is 13.2. The van der Waals surface area contributed by atoms with Gasteiger partial charge in [-0.15, -0.1) is 0 Å². The van der Waals surface area contributed by atoms with Crippen LogP contribution in [-0.2, 0) is 11.3 Å². The van der Waals surface area contributed by atoms with Crippen LogP contribution in [0.15, 0.2) is 35.8 Å². The molecule has 0 aliphatic heterocycles. The summed E-state index contributed by atoms with van der Waals surface area (Å²) in [5, 5.41) is 1.49. The van der Waals surface area contributed by atoms with E-state index in [1.807, 2.05) is 62.0 Å². The second-order valence-electron chi connectivity index (χ2n) is 6.97. The minimum Gasteiger partial charge on any atom is -1.00 e. The number of fused-ring (bicyclic) bond motifs is 1. The number of ketones is 1. The van der Waals surface area contributed by atoms with Crippen molar-refractivity contribution in [3.05, 3.63) is 52.0 Å². The van der Waals surface area contributed by atoms with Crippen molar-refractivity contribution >= 4 is 33.9 Å². The highest BCUT2D eigenvalue weighted by Gasteiger charge is 2.25. The predicted octanol–water partition coefficient (Wildman–Crippen LogP) is 1.41. The summed E-state index contributed by atoms with van der Waals surface area (Å²) in [7, 11) is 0. The molecule has 0 aliphatic carbocycles. The fourth-order valence-corrected chi connectivity index (χ4v) is 3.84. The van der Waals surface area contributed by atoms with Gasteiger partial charge in [0.1, 0.15) is 11.5 Å². The molecule has 0 N–H and O–H groups in total. The number of rotatable bonds is 6. The summed E-state index contributed by atoms with van der Waals surface area (Å²) < 4.78 is 13.4. The van der Waals surface area contributed by atoms with Crippen molar-refractivity contribution in [1.82, 2.24) is 0 Å². The molecule has 0 saturated carbocycles. The number of thiazole rings is 1. The van der Waals surface area contributed by atoms with Gasteiger partial charge in [0.25, 0.3) is 0 Å². The lowest BCUT2D eigenvalue weighted by atomic mass is 10.0. The first kappa shape index (κ1) is 23.0. The third kappa shape index (κ3) is 5.03. The molecule has 0 saturated heterocycles. The molecule has 29 heavy (non-hydrogen) atoms. The smallest absolute Gasteiger partial charge is 0.308 e. The average molecular weight is 478 g/mol. The Balaban J connectivity index is 0.00000300. The number of halogens is 1. The first-order valence-electron chi connectivity index (χ1n) is 9.16. The van der Waals surface area contributed by atoms with E-state index < -0.39 is 5.97 Å². The van der Waals surface area contributed by atoms with Crippen LogP contribution >= 0.6 is 11.3 Å². The van der Waals surface area contributed by atoms with Gasteiger partial charge in [-0.2, -0.15) is 4.57 Å². The van der Waals surface area contributed by atoms with Gasteiger partial charge in [-0.1, -0.05) is 35.6 Å². The molecule has 0 unspecified atom stereocenters. The van der Waals surface area contributed by atoms with E-state index in [0.717, 1.165) is 16.5 Å². The van der Waals surface area contributed by atoms with E-state index in [0.29, 0.717) is 17.1 Å². The molecule has 1 heterocycles. The van der Waals surface area contributed by atoms with Gasteiger partial charge in [0.2, 0.25) is 17.8 Å². The summed E-state index contributed by atoms with van der Waals surface area (Å²) in [6.45, 7) is 9.41. The number of benzene rings is 2. The van der Waals surface area contributed by atoms with Crippen molar-refractivity contribution in [3.8, 4) is 11.5 Å². The normalized spacial score (nSPS) is 10.7. The summed E-state index contributed by atoms with van der Waals surface area (Å²) in [6.07, 6.45) is -0.104. The predicted molar refractivity (Wildman–Crippen MR) is 109 cm³/mol. The van der Waals surface area contributed by atoms with E-state index in [2.05, 4.69) is 0 Å². The number of carbonyl (C=O) groups is 2. The van der Waals surface area contributed by atoms with E-state index in [1.165, 1.54) is 11.8 Å². The lowest BCUT2D eigenvalue weighted by Gasteiger charge is -2.18. The summed E-state index contributed by atoms with van der Waals surface area (Å²) in [5.74, 6) is 0.364. The molecule has 0 bridgehead atoms. The number of Topliss-reactive ketones (excluding diaryl/α,β-unsaturated/α-hetero) is 1. The highest BCUT2D eigenvalue weighted by molar-refractivity contribution is 7.09. The van der Waals surface area contributed by atoms with Gasteiger partial charge in [0.15, 0.2) is 5.69 Å². The van der Waals surface area contributed by atoms with Crippen LogP contribution in [0.1, 0.15) is 41.7 Å². The molecule has 5 nitrogen and oxygen atoms in total. The number of esters is 1. The van der Waals surface area contributed by atoms with Crippen LogP contribution < -0.4 is 31.0 Å². The SMILES string of the molecule is CC(=O)Oc1cc(C(=O)C[n+]2csc(C)c2C)c(OC(C)C)c2ccccc12.[Br-]. The number of aryl methyl sites for hydroxylation is 1. The zero-order chi connectivity index (χ0) is 20.4. The van der Waals surface area contributed by atoms with Crippen molar-refractivity contribution < 1.29 is 40.6 Å². The van der Waals surface area contributed by atoms with Crippen molar-refractivity contribution in [2.45, 2.75) is 47.3 Å². The highest BCUT2D eigenvalue weighted by atomic mass is 79.9. The van der Waals surface area contributed by atoms with Crippen molar-refractivity contribution in [2.75, 3.05) is 0 Å². The number of carbonyl (C=O) groups excluding carboxylic acids is 2. The van der Waals surface area contributed by atoms with Gasteiger partial charge < -0.3 is 26.5 Å². The average Bonchev–Trinajstić information content (AvgIpc) is 2.94. The van der Waals surface area contributed by atoms with Crippen LogP contribution in [0.2, 0.25) is 0 Å². The van der Waals surface area contributed by atoms with Gasteiger partial charge in [-0.05, 0) is 26.8 Å². The molecule has 2 aromatic carbocycles. The Bertz CT molecular complexity index is 1060. The summed E-state index contributed by atoms with van der Waals surface area (Å²) >= 11 is 1.61. The Morgan fingerprint density at radius 3 is 2.34 bits per heavy atom. The van der Waals surface area contributed by atoms with Crippen molar-refractivity contribution in [1.29, 1.82) is 0 Å². The zero-order valence-electron chi connectivity index (χ0n) is 17.1. The molecule has 1 aromatic heterocycles. The lowest BCUT2D eigenvalue weighted by Crippen LogP contribution is -3.00. The number of ether oxygens (including phenoxy) is 2. The van der Waals surface area contributed by atoms with Crippen molar-refractivity contribution in [2.24, 2.45) is 0 Å². The first-order valence-corrected chi connectivity index (χ1v) is 10.0. The third-order valence-corrected chi connectivity index (χ3v) is 5.48. The second kappa shape index (κ2) is 9.50. The maximum Gasteiger partial charge on any atom is 0.308 e. The second-order valence-corrected chi connectivity index (χ2v) is 8.03. The van der Waals surface area contributed by atoms with Gasteiger partial charge in [-0.25, -0.2) is 0 Å². The minimum atomic E-state index is -0.431. The van der Waals surface area contributed by atoms with Crippen LogP contribution in [0.25, 0.3) is 10.8 Å². The maximum absolute atomic E-state index is 13.2.